The second kappa shape index (κ2) is 2.07. The zero-order chi connectivity index (χ0) is 9.91. The van der Waals surface area contributed by atoms with Gasteiger partial charge in [0, 0.05) is 12.5 Å². The molecule has 74 valence electrons. The summed E-state index contributed by atoms with van der Waals surface area (Å²) in [7, 11) is 1.68. The SMILES string of the molecule is COC1(C)CC12CC2(C)C(=O)ON. The Hall–Kier alpha value is -0.610. The van der Waals surface area contributed by atoms with Crippen LogP contribution in [0.1, 0.15) is 26.7 Å². The van der Waals surface area contributed by atoms with Gasteiger partial charge >= 0.3 is 5.97 Å². The van der Waals surface area contributed by atoms with E-state index >= 15 is 0 Å². The Labute approximate surface area is 77.3 Å². The van der Waals surface area contributed by atoms with E-state index in [1.54, 1.807) is 7.11 Å². The minimum Gasteiger partial charge on any atom is -0.378 e. The van der Waals surface area contributed by atoms with Gasteiger partial charge in [0.15, 0.2) is 0 Å². The summed E-state index contributed by atoms with van der Waals surface area (Å²) < 4.78 is 5.37. The molecule has 3 atom stereocenters. The standard InChI is InChI=1S/C9H15NO3/c1-7(6(11)13-10)4-9(7)5-8(9,2)12-3/h4-5,10H2,1-3H3. The van der Waals surface area contributed by atoms with E-state index in [0.717, 1.165) is 12.8 Å². The summed E-state index contributed by atoms with van der Waals surface area (Å²) in [5, 5.41) is 0. The Kier molecular flexibility index (Phi) is 1.43. The van der Waals surface area contributed by atoms with Crippen molar-refractivity contribution in [3.8, 4) is 0 Å². The van der Waals surface area contributed by atoms with Crippen LogP contribution in [0, 0.1) is 10.8 Å². The van der Waals surface area contributed by atoms with Crippen molar-refractivity contribution in [2.75, 3.05) is 7.11 Å². The summed E-state index contributed by atoms with van der Waals surface area (Å²) >= 11 is 0. The van der Waals surface area contributed by atoms with Crippen LogP contribution in [0.2, 0.25) is 0 Å². The summed E-state index contributed by atoms with van der Waals surface area (Å²) in [6.07, 6.45) is 1.77. The largest absolute Gasteiger partial charge is 0.378 e. The average molecular weight is 185 g/mol. The third-order valence-corrected chi connectivity index (χ3v) is 4.12. The molecule has 0 saturated heterocycles. The quantitative estimate of drug-likeness (QED) is 0.640. The molecule has 4 nitrogen and oxygen atoms in total. The molecule has 2 aliphatic rings. The molecule has 3 unspecified atom stereocenters. The number of carbonyl (C=O) groups is 1. The first kappa shape index (κ1) is 8.97. The molecule has 0 amide bonds. The fourth-order valence-electron chi connectivity index (χ4n) is 2.78. The van der Waals surface area contributed by atoms with Crippen LogP contribution in [-0.2, 0) is 14.4 Å². The smallest absolute Gasteiger partial charge is 0.330 e. The monoisotopic (exact) mass is 185 g/mol. The van der Waals surface area contributed by atoms with E-state index in [0.29, 0.717) is 0 Å². The van der Waals surface area contributed by atoms with Gasteiger partial charge in [-0.25, -0.2) is 4.79 Å². The second-order valence-electron chi connectivity index (χ2n) is 4.61. The molecule has 2 fully saturated rings. The highest BCUT2D eigenvalue weighted by molar-refractivity contribution is 5.83. The third-order valence-electron chi connectivity index (χ3n) is 4.12. The van der Waals surface area contributed by atoms with E-state index < -0.39 is 5.41 Å². The molecule has 0 aromatic heterocycles. The van der Waals surface area contributed by atoms with Crippen LogP contribution < -0.4 is 5.90 Å². The number of nitrogens with two attached hydrogens (primary N) is 1. The van der Waals surface area contributed by atoms with Gasteiger partial charge in [0.1, 0.15) is 0 Å². The third kappa shape index (κ3) is 0.758. The highest BCUT2D eigenvalue weighted by Gasteiger charge is 2.87. The molecule has 0 aromatic carbocycles. The lowest BCUT2D eigenvalue weighted by Gasteiger charge is -2.11. The molecule has 0 aliphatic heterocycles. The molecule has 1 spiro atoms. The Balaban J connectivity index is 2.15. The molecule has 0 bridgehead atoms. The van der Waals surface area contributed by atoms with Gasteiger partial charge in [0.05, 0.1) is 11.0 Å². The van der Waals surface area contributed by atoms with Crippen LogP contribution >= 0.6 is 0 Å². The Morgan fingerprint density at radius 1 is 1.38 bits per heavy atom. The molecule has 2 aliphatic carbocycles. The summed E-state index contributed by atoms with van der Waals surface area (Å²) in [5.74, 6) is 4.57. The normalized spacial score (nSPS) is 52.0. The lowest BCUT2D eigenvalue weighted by atomic mass is 10.0. The van der Waals surface area contributed by atoms with E-state index in [1.807, 2.05) is 13.8 Å². The zero-order valence-electron chi connectivity index (χ0n) is 8.22. The van der Waals surface area contributed by atoms with Gasteiger partial charge < -0.3 is 9.57 Å². The van der Waals surface area contributed by atoms with E-state index in [9.17, 15) is 4.79 Å². The number of ether oxygens (including phenoxy) is 1. The summed E-state index contributed by atoms with van der Waals surface area (Å²) in [5.41, 5.74) is -0.548. The first-order valence-corrected chi connectivity index (χ1v) is 4.42. The number of methoxy groups -OCH3 is 1. The molecular formula is C9H15NO3. The van der Waals surface area contributed by atoms with E-state index in [2.05, 4.69) is 4.84 Å². The van der Waals surface area contributed by atoms with E-state index in [1.165, 1.54) is 0 Å². The molecule has 4 heteroatoms. The summed E-state index contributed by atoms with van der Waals surface area (Å²) in [6, 6.07) is 0. The fraction of sp³-hybridized carbons (Fsp3) is 0.889. The number of hydrogen-bond donors (Lipinski definition) is 1. The first-order chi connectivity index (χ1) is 5.96. The molecule has 2 saturated carbocycles. The van der Waals surface area contributed by atoms with Gasteiger partial charge in [-0.05, 0) is 26.7 Å². The van der Waals surface area contributed by atoms with Crippen LogP contribution in [0.25, 0.3) is 0 Å². The Morgan fingerprint density at radius 3 is 2.38 bits per heavy atom. The van der Waals surface area contributed by atoms with Crippen molar-refractivity contribution in [1.82, 2.24) is 0 Å². The topological polar surface area (TPSA) is 61.5 Å². The number of rotatable bonds is 2. The van der Waals surface area contributed by atoms with Crippen molar-refractivity contribution >= 4 is 5.97 Å². The van der Waals surface area contributed by atoms with Gasteiger partial charge in [0.2, 0.25) is 0 Å². The van der Waals surface area contributed by atoms with Crippen LogP contribution in [0.4, 0.5) is 0 Å². The minimum absolute atomic E-state index is 0.00516. The van der Waals surface area contributed by atoms with Gasteiger partial charge in [-0.1, -0.05) is 0 Å². The zero-order valence-corrected chi connectivity index (χ0v) is 8.22. The van der Waals surface area contributed by atoms with Crippen molar-refractivity contribution in [2.24, 2.45) is 16.7 Å². The maximum Gasteiger partial charge on any atom is 0.330 e. The van der Waals surface area contributed by atoms with Crippen LogP contribution in [0.15, 0.2) is 0 Å². The fourth-order valence-corrected chi connectivity index (χ4v) is 2.78. The minimum atomic E-state index is -0.410. The van der Waals surface area contributed by atoms with Crippen LogP contribution in [0.3, 0.4) is 0 Å². The lowest BCUT2D eigenvalue weighted by molar-refractivity contribution is -0.151. The first-order valence-electron chi connectivity index (χ1n) is 4.42. The van der Waals surface area contributed by atoms with Gasteiger partial charge in [-0.15, -0.1) is 0 Å². The molecule has 0 radical (unpaired) electrons. The molecular weight excluding hydrogens is 170 g/mol. The summed E-state index contributed by atoms with van der Waals surface area (Å²) in [6.45, 7) is 3.93. The number of carbonyl (C=O) groups excluding carboxylic acids is 1. The molecule has 2 rings (SSSR count). The highest BCUT2D eigenvalue weighted by Crippen LogP contribution is 2.84. The van der Waals surface area contributed by atoms with Crippen molar-refractivity contribution in [2.45, 2.75) is 32.3 Å². The maximum absolute atomic E-state index is 11.4. The van der Waals surface area contributed by atoms with Gasteiger partial charge in [0.25, 0.3) is 0 Å². The molecule has 13 heavy (non-hydrogen) atoms. The van der Waals surface area contributed by atoms with Crippen LogP contribution in [0.5, 0.6) is 0 Å². The average Bonchev–Trinajstić information content (AvgIpc) is 2.91. The lowest BCUT2D eigenvalue weighted by Crippen LogP contribution is -2.24. The molecule has 2 N–H and O–H groups in total. The predicted molar refractivity (Wildman–Crippen MR) is 45.5 cm³/mol. The molecule has 0 heterocycles. The van der Waals surface area contributed by atoms with E-state index in [4.69, 9.17) is 10.6 Å². The second-order valence-corrected chi connectivity index (χ2v) is 4.61. The van der Waals surface area contributed by atoms with E-state index in [-0.39, 0.29) is 17.0 Å². The predicted octanol–water partition coefficient (Wildman–Crippen LogP) is 0.609. The Bertz CT molecular complexity index is 280. The van der Waals surface area contributed by atoms with Crippen LogP contribution in [-0.4, -0.2) is 18.7 Å². The maximum atomic E-state index is 11.4. The highest BCUT2D eigenvalue weighted by atomic mass is 16.7. The van der Waals surface area contributed by atoms with Crippen molar-refractivity contribution in [3.63, 3.8) is 0 Å². The van der Waals surface area contributed by atoms with Gasteiger partial charge in [-0.3, -0.25) is 0 Å². The van der Waals surface area contributed by atoms with Gasteiger partial charge in [-0.2, -0.15) is 5.90 Å². The Morgan fingerprint density at radius 2 is 2.00 bits per heavy atom. The van der Waals surface area contributed by atoms with Crippen molar-refractivity contribution < 1.29 is 14.4 Å². The van der Waals surface area contributed by atoms with Crippen molar-refractivity contribution in [1.29, 1.82) is 0 Å². The molecule has 0 aromatic rings. The summed E-state index contributed by atoms with van der Waals surface area (Å²) in [4.78, 5) is 15.6. The number of hydrogen-bond acceptors (Lipinski definition) is 4. The van der Waals surface area contributed by atoms with Crippen molar-refractivity contribution in [3.05, 3.63) is 0 Å².